The van der Waals surface area contributed by atoms with Crippen molar-refractivity contribution in [3.05, 3.63) is 28.8 Å². The van der Waals surface area contributed by atoms with Gasteiger partial charge in [-0.25, -0.2) is 0 Å². The van der Waals surface area contributed by atoms with Gasteiger partial charge in [0.1, 0.15) is 0 Å². The summed E-state index contributed by atoms with van der Waals surface area (Å²) in [6.45, 7) is 6.57. The number of anilines is 1. The van der Waals surface area contributed by atoms with Crippen molar-refractivity contribution in [1.82, 2.24) is 0 Å². The largest absolute Gasteiger partial charge is 0.398 e. The molecular weight excluding hydrogens is 238 g/mol. The Balaban J connectivity index is 2.22. The van der Waals surface area contributed by atoms with E-state index in [0.717, 1.165) is 12.2 Å². The van der Waals surface area contributed by atoms with Gasteiger partial charge in [-0.1, -0.05) is 31.5 Å². The lowest BCUT2D eigenvalue weighted by molar-refractivity contribution is 0.0316. The number of hydrogen-bond acceptors (Lipinski definition) is 3. The summed E-state index contributed by atoms with van der Waals surface area (Å²) in [5.41, 5.74) is 7.32. The normalized spacial score (nSPS) is 11.1. The highest BCUT2D eigenvalue weighted by Crippen LogP contribution is 2.22. The highest BCUT2D eigenvalue weighted by atomic mass is 35.5. The molecule has 0 aromatic heterocycles. The zero-order valence-corrected chi connectivity index (χ0v) is 11.2. The summed E-state index contributed by atoms with van der Waals surface area (Å²) in [5.74, 6) is 0.550. The van der Waals surface area contributed by atoms with Crippen molar-refractivity contribution in [3.63, 3.8) is 0 Å². The number of rotatable bonds is 7. The van der Waals surface area contributed by atoms with Crippen molar-refractivity contribution in [2.75, 3.05) is 25.6 Å². The number of hydrogen-bond donors (Lipinski definition) is 1. The molecule has 0 spiro atoms. The summed E-state index contributed by atoms with van der Waals surface area (Å²) >= 11 is 6.02. The van der Waals surface area contributed by atoms with E-state index in [2.05, 4.69) is 13.8 Å². The molecule has 1 rings (SSSR count). The predicted molar refractivity (Wildman–Crippen MR) is 71.2 cm³/mol. The second-order valence-corrected chi connectivity index (χ2v) is 4.74. The maximum Gasteiger partial charge on any atom is 0.0752 e. The van der Waals surface area contributed by atoms with Crippen LogP contribution in [0.5, 0.6) is 0 Å². The number of benzene rings is 1. The average Bonchev–Trinajstić information content (AvgIpc) is 2.26. The molecule has 1 aromatic rings. The van der Waals surface area contributed by atoms with Crippen LogP contribution in [-0.2, 0) is 16.1 Å². The van der Waals surface area contributed by atoms with E-state index >= 15 is 0 Å². The van der Waals surface area contributed by atoms with E-state index in [4.69, 9.17) is 26.8 Å². The number of halogens is 1. The van der Waals surface area contributed by atoms with Crippen molar-refractivity contribution >= 4 is 17.3 Å². The number of nitrogens with two attached hydrogens (primary N) is 1. The molecule has 0 unspecified atom stereocenters. The van der Waals surface area contributed by atoms with Crippen LogP contribution >= 0.6 is 11.6 Å². The zero-order valence-electron chi connectivity index (χ0n) is 10.4. The number of ether oxygens (including phenoxy) is 2. The molecule has 4 heteroatoms. The molecule has 0 heterocycles. The van der Waals surface area contributed by atoms with Gasteiger partial charge in [-0.15, -0.1) is 0 Å². The van der Waals surface area contributed by atoms with Gasteiger partial charge in [0.25, 0.3) is 0 Å². The van der Waals surface area contributed by atoms with Crippen LogP contribution < -0.4 is 5.73 Å². The van der Waals surface area contributed by atoms with Crippen LogP contribution in [0.2, 0.25) is 5.02 Å². The molecule has 0 amide bonds. The number of nitrogen functional groups attached to an aromatic ring is 1. The van der Waals surface area contributed by atoms with Gasteiger partial charge in [0.2, 0.25) is 0 Å². The first kappa shape index (κ1) is 14.3. The first-order valence-corrected chi connectivity index (χ1v) is 6.17. The lowest BCUT2D eigenvalue weighted by atomic mass is 10.2. The van der Waals surface area contributed by atoms with E-state index in [9.17, 15) is 0 Å². The van der Waals surface area contributed by atoms with E-state index in [1.807, 2.05) is 18.2 Å². The average molecular weight is 258 g/mol. The molecular formula is C13H20ClNO2. The van der Waals surface area contributed by atoms with Gasteiger partial charge in [-0.2, -0.15) is 0 Å². The Morgan fingerprint density at radius 1 is 1.24 bits per heavy atom. The van der Waals surface area contributed by atoms with Gasteiger partial charge >= 0.3 is 0 Å². The maximum atomic E-state index is 6.02. The fraction of sp³-hybridized carbons (Fsp3) is 0.538. The van der Waals surface area contributed by atoms with Crippen LogP contribution in [0.4, 0.5) is 5.69 Å². The standard InChI is InChI=1S/C13H20ClNO2/c1-10(2)8-16-6-7-17-9-11-12(14)4-3-5-13(11)15/h3-5,10H,6-9,15H2,1-2H3. The van der Waals surface area contributed by atoms with Crippen LogP contribution in [-0.4, -0.2) is 19.8 Å². The van der Waals surface area contributed by atoms with E-state index in [0.29, 0.717) is 36.4 Å². The summed E-state index contributed by atoms with van der Waals surface area (Å²) in [6.07, 6.45) is 0. The van der Waals surface area contributed by atoms with Crippen LogP contribution in [0.3, 0.4) is 0 Å². The fourth-order valence-corrected chi connectivity index (χ4v) is 1.58. The Hall–Kier alpha value is -0.770. The van der Waals surface area contributed by atoms with Gasteiger partial charge in [0, 0.05) is 22.9 Å². The van der Waals surface area contributed by atoms with E-state index in [1.165, 1.54) is 0 Å². The Morgan fingerprint density at radius 2 is 1.94 bits per heavy atom. The summed E-state index contributed by atoms with van der Waals surface area (Å²) in [4.78, 5) is 0. The monoisotopic (exact) mass is 257 g/mol. The molecule has 0 bridgehead atoms. The highest BCUT2D eigenvalue weighted by molar-refractivity contribution is 6.31. The van der Waals surface area contributed by atoms with E-state index in [1.54, 1.807) is 0 Å². The third kappa shape index (κ3) is 5.39. The molecule has 0 saturated heterocycles. The second-order valence-electron chi connectivity index (χ2n) is 4.33. The van der Waals surface area contributed by atoms with Crippen LogP contribution in [0.15, 0.2) is 18.2 Å². The Morgan fingerprint density at radius 3 is 2.59 bits per heavy atom. The first-order valence-electron chi connectivity index (χ1n) is 5.79. The molecule has 0 aliphatic heterocycles. The smallest absolute Gasteiger partial charge is 0.0752 e. The highest BCUT2D eigenvalue weighted by Gasteiger charge is 2.04. The molecule has 96 valence electrons. The minimum Gasteiger partial charge on any atom is -0.398 e. The molecule has 0 saturated carbocycles. The SMILES string of the molecule is CC(C)COCCOCc1c(N)cccc1Cl. The van der Waals surface area contributed by atoms with E-state index in [-0.39, 0.29) is 0 Å². The minimum absolute atomic E-state index is 0.427. The molecule has 2 N–H and O–H groups in total. The third-order valence-electron chi connectivity index (χ3n) is 2.22. The molecule has 0 aliphatic carbocycles. The summed E-state index contributed by atoms with van der Waals surface area (Å²) in [7, 11) is 0. The van der Waals surface area contributed by atoms with Crippen molar-refractivity contribution in [2.24, 2.45) is 5.92 Å². The van der Waals surface area contributed by atoms with Crippen molar-refractivity contribution in [1.29, 1.82) is 0 Å². The first-order chi connectivity index (χ1) is 8.11. The molecule has 0 atom stereocenters. The van der Waals surface area contributed by atoms with Crippen LogP contribution in [0.25, 0.3) is 0 Å². The van der Waals surface area contributed by atoms with Gasteiger partial charge in [-0.3, -0.25) is 0 Å². The molecule has 3 nitrogen and oxygen atoms in total. The van der Waals surface area contributed by atoms with Crippen molar-refractivity contribution in [3.8, 4) is 0 Å². The fourth-order valence-electron chi connectivity index (χ4n) is 1.34. The van der Waals surface area contributed by atoms with E-state index < -0.39 is 0 Å². The lowest BCUT2D eigenvalue weighted by Crippen LogP contribution is -2.09. The Kier molecular flexibility index (Phi) is 6.34. The lowest BCUT2D eigenvalue weighted by Gasteiger charge is -2.10. The second kappa shape index (κ2) is 7.54. The predicted octanol–water partition coefficient (Wildman–Crippen LogP) is 3.11. The van der Waals surface area contributed by atoms with Crippen LogP contribution in [0.1, 0.15) is 19.4 Å². The Labute approximate surface area is 108 Å². The van der Waals surface area contributed by atoms with Crippen LogP contribution in [0, 0.1) is 5.92 Å². The summed E-state index contributed by atoms with van der Waals surface area (Å²) < 4.78 is 10.9. The molecule has 1 aromatic carbocycles. The molecule has 0 radical (unpaired) electrons. The minimum atomic E-state index is 0.427. The molecule has 0 fully saturated rings. The van der Waals surface area contributed by atoms with Gasteiger partial charge < -0.3 is 15.2 Å². The maximum absolute atomic E-state index is 6.02. The zero-order chi connectivity index (χ0) is 12.7. The third-order valence-corrected chi connectivity index (χ3v) is 2.58. The summed E-state index contributed by atoms with van der Waals surface area (Å²) in [5, 5.41) is 0.646. The van der Waals surface area contributed by atoms with Gasteiger partial charge in [0.05, 0.1) is 19.8 Å². The van der Waals surface area contributed by atoms with Gasteiger partial charge in [-0.05, 0) is 18.1 Å². The molecule has 0 aliphatic rings. The summed E-state index contributed by atoms with van der Waals surface area (Å²) in [6, 6.07) is 5.46. The quantitative estimate of drug-likeness (QED) is 0.603. The molecule has 17 heavy (non-hydrogen) atoms. The van der Waals surface area contributed by atoms with Crippen molar-refractivity contribution < 1.29 is 9.47 Å². The van der Waals surface area contributed by atoms with Crippen molar-refractivity contribution in [2.45, 2.75) is 20.5 Å². The Bertz CT molecular complexity index is 322. The van der Waals surface area contributed by atoms with Gasteiger partial charge in [0.15, 0.2) is 0 Å². The topological polar surface area (TPSA) is 44.5 Å².